The molecule has 0 aliphatic heterocycles. The lowest BCUT2D eigenvalue weighted by molar-refractivity contribution is 0.0696. The molecule has 0 aliphatic rings. The van der Waals surface area contributed by atoms with Gasteiger partial charge in [0.25, 0.3) is 0 Å². The Bertz CT molecular complexity index is 370. The van der Waals surface area contributed by atoms with E-state index in [0.29, 0.717) is 12.1 Å². The van der Waals surface area contributed by atoms with Crippen LogP contribution >= 0.6 is 0 Å². The fourth-order valence-corrected chi connectivity index (χ4v) is 1.26. The summed E-state index contributed by atoms with van der Waals surface area (Å²) in [6, 6.07) is 5.19. The quantitative estimate of drug-likeness (QED) is 0.763. The van der Waals surface area contributed by atoms with Crippen molar-refractivity contribution in [2.24, 2.45) is 5.73 Å². The van der Waals surface area contributed by atoms with Gasteiger partial charge in [0.1, 0.15) is 0 Å². The van der Waals surface area contributed by atoms with Gasteiger partial charge in [-0.1, -0.05) is 24.3 Å². The predicted molar refractivity (Wildman–Crippen MR) is 56.2 cm³/mol. The average Bonchev–Trinajstić information content (AvgIpc) is 2.16. The zero-order chi connectivity index (χ0) is 10.6. The first-order valence-corrected chi connectivity index (χ1v) is 4.36. The smallest absolute Gasteiger partial charge is 0.335 e. The summed E-state index contributed by atoms with van der Waals surface area (Å²) in [5, 5.41) is 8.87. The number of nitrogens with two attached hydrogens (primary N) is 1. The van der Waals surface area contributed by atoms with Gasteiger partial charge in [0.2, 0.25) is 0 Å². The van der Waals surface area contributed by atoms with E-state index in [1.807, 2.05) is 12.1 Å². The van der Waals surface area contributed by atoms with Crippen molar-refractivity contribution in [3.8, 4) is 0 Å². The third kappa shape index (κ3) is 2.20. The van der Waals surface area contributed by atoms with E-state index < -0.39 is 5.97 Å². The largest absolute Gasteiger partial charge is 0.478 e. The first-order chi connectivity index (χ1) is 6.66. The molecule has 0 atom stereocenters. The van der Waals surface area contributed by atoms with Crippen LogP contribution in [-0.4, -0.2) is 17.6 Å². The van der Waals surface area contributed by atoms with Gasteiger partial charge in [-0.2, -0.15) is 0 Å². The number of benzene rings is 1. The van der Waals surface area contributed by atoms with E-state index in [1.54, 1.807) is 25.1 Å². The molecule has 0 fully saturated rings. The van der Waals surface area contributed by atoms with Crippen molar-refractivity contribution in [3.05, 3.63) is 41.0 Å². The average molecular weight is 191 g/mol. The van der Waals surface area contributed by atoms with Crippen molar-refractivity contribution in [2.75, 3.05) is 6.54 Å². The van der Waals surface area contributed by atoms with E-state index in [1.165, 1.54) is 0 Å². The molecule has 0 amide bonds. The summed E-state index contributed by atoms with van der Waals surface area (Å²) >= 11 is 0. The number of hydrogen-bond acceptors (Lipinski definition) is 2. The maximum Gasteiger partial charge on any atom is 0.335 e. The molecule has 1 aromatic carbocycles. The van der Waals surface area contributed by atoms with Crippen LogP contribution in [0.3, 0.4) is 0 Å². The fourth-order valence-electron chi connectivity index (χ4n) is 1.26. The first kappa shape index (κ1) is 10.5. The van der Waals surface area contributed by atoms with Crippen molar-refractivity contribution in [1.29, 1.82) is 0 Å². The summed E-state index contributed by atoms with van der Waals surface area (Å²) in [6.45, 7) is 2.25. The summed E-state index contributed by atoms with van der Waals surface area (Å²) in [5.74, 6) is -0.898. The van der Waals surface area contributed by atoms with Gasteiger partial charge in [0.05, 0.1) is 5.56 Å². The Morgan fingerprint density at radius 3 is 2.86 bits per heavy atom. The molecule has 0 saturated carbocycles. The van der Waals surface area contributed by atoms with E-state index in [2.05, 4.69) is 0 Å². The van der Waals surface area contributed by atoms with Gasteiger partial charge in [-0.25, -0.2) is 4.79 Å². The number of carboxylic acid groups (broad SMARTS) is 1. The predicted octanol–water partition coefficient (Wildman–Crippen LogP) is 1.67. The number of hydrogen-bond donors (Lipinski definition) is 2. The van der Waals surface area contributed by atoms with Crippen LogP contribution in [0.25, 0.3) is 6.08 Å². The molecule has 0 aliphatic carbocycles. The van der Waals surface area contributed by atoms with Crippen molar-refractivity contribution >= 4 is 12.0 Å². The maximum absolute atomic E-state index is 10.8. The number of carboxylic acids is 1. The molecule has 0 saturated heterocycles. The van der Waals surface area contributed by atoms with Crippen molar-refractivity contribution in [2.45, 2.75) is 6.92 Å². The highest BCUT2D eigenvalue weighted by atomic mass is 16.4. The van der Waals surface area contributed by atoms with Gasteiger partial charge < -0.3 is 10.8 Å². The van der Waals surface area contributed by atoms with Crippen LogP contribution in [0.2, 0.25) is 0 Å². The highest BCUT2D eigenvalue weighted by Gasteiger charge is 2.07. The Morgan fingerprint density at radius 2 is 2.29 bits per heavy atom. The van der Waals surface area contributed by atoms with E-state index in [0.717, 1.165) is 11.1 Å². The lowest BCUT2D eigenvalue weighted by Crippen LogP contribution is -2.00. The lowest BCUT2D eigenvalue weighted by Gasteiger charge is -2.03. The van der Waals surface area contributed by atoms with Gasteiger partial charge in [0.15, 0.2) is 0 Å². The Hall–Kier alpha value is -1.61. The highest BCUT2D eigenvalue weighted by molar-refractivity contribution is 5.90. The van der Waals surface area contributed by atoms with Crippen molar-refractivity contribution in [1.82, 2.24) is 0 Å². The fraction of sp³-hybridized carbons (Fsp3) is 0.182. The third-order valence-corrected chi connectivity index (χ3v) is 2.04. The molecule has 3 N–H and O–H groups in total. The zero-order valence-corrected chi connectivity index (χ0v) is 8.03. The summed E-state index contributed by atoms with van der Waals surface area (Å²) < 4.78 is 0. The van der Waals surface area contributed by atoms with Crippen LogP contribution in [0.5, 0.6) is 0 Å². The molecule has 0 bridgehead atoms. The van der Waals surface area contributed by atoms with Crippen LogP contribution in [-0.2, 0) is 0 Å². The topological polar surface area (TPSA) is 63.3 Å². The highest BCUT2D eigenvalue weighted by Crippen LogP contribution is 2.14. The van der Waals surface area contributed by atoms with E-state index >= 15 is 0 Å². The standard InChI is InChI=1S/C11H13NO2/c1-8-9(5-3-7-12)4-2-6-10(8)11(13)14/h2-6H,7,12H2,1H3,(H,13,14). The van der Waals surface area contributed by atoms with Crippen LogP contribution < -0.4 is 5.73 Å². The number of rotatable bonds is 3. The molecule has 0 spiro atoms. The second-order valence-corrected chi connectivity index (χ2v) is 2.96. The van der Waals surface area contributed by atoms with Crippen molar-refractivity contribution in [3.63, 3.8) is 0 Å². The van der Waals surface area contributed by atoms with Crippen LogP contribution in [0, 0.1) is 6.92 Å². The number of aromatic carboxylic acids is 1. The Kier molecular flexibility index (Phi) is 3.42. The maximum atomic E-state index is 10.8. The Labute approximate surface area is 82.9 Å². The van der Waals surface area contributed by atoms with Crippen LogP contribution in [0.15, 0.2) is 24.3 Å². The van der Waals surface area contributed by atoms with Gasteiger partial charge in [0, 0.05) is 6.54 Å². The van der Waals surface area contributed by atoms with E-state index in [4.69, 9.17) is 10.8 Å². The molecule has 3 nitrogen and oxygen atoms in total. The molecule has 0 aromatic heterocycles. The van der Waals surface area contributed by atoms with E-state index in [-0.39, 0.29) is 0 Å². The van der Waals surface area contributed by atoms with Gasteiger partial charge in [-0.3, -0.25) is 0 Å². The second-order valence-electron chi connectivity index (χ2n) is 2.96. The molecule has 1 rings (SSSR count). The molecule has 0 heterocycles. The molecule has 74 valence electrons. The van der Waals surface area contributed by atoms with Crippen LogP contribution in [0.1, 0.15) is 21.5 Å². The number of carbonyl (C=O) groups is 1. The molecule has 1 aromatic rings. The second kappa shape index (κ2) is 4.58. The summed E-state index contributed by atoms with van der Waals surface area (Å²) in [7, 11) is 0. The molecular weight excluding hydrogens is 178 g/mol. The Morgan fingerprint density at radius 1 is 1.57 bits per heavy atom. The minimum absolute atomic E-state index is 0.337. The minimum Gasteiger partial charge on any atom is -0.478 e. The van der Waals surface area contributed by atoms with Gasteiger partial charge in [-0.05, 0) is 24.1 Å². The summed E-state index contributed by atoms with van der Waals surface area (Å²) in [5.41, 5.74) is 7.33. The third-order valence-electron chi connectivity index (χ3n) is 2.04. The normalized spacial score (nSPS) is 10.7. The molecule has 0 unspecified atom stereocenters. The van der Waals surface area contributed by atoms with Gasteiger partial charge >= 0.3 is 5.97 Å². The van der Waals surface area contributed by atoms with Gasteiger partial charge in [-0.15, -0.1) is 0 Å². The lowest BCUT2D eigenvalue weighted by atomic mass is 10.0. The zero-order valence-electron chi connectivity index (χ0n) is 8.03. The van der Waals surface area contributed by atoms with E-state index in [9.17, 15) is 4.79 Å². The molecular formula is C11H13NO2. The Balaban J connectivity index is 3.14. The minimum atomic E-state index is -0.898. The summed E-state index contributed by atoms with van der Waals surface area (Å²) in [6.07, 6.45) is 3.63. The van der Waals surface area contributed by atoms with Crippen LogP contribution in [0.4, 0.5) is 0 Å². The van der Waals surface area contributed by atoms with Crippen molar-refractivity contribution < 1.29 is 9.90 Å². The first-order valence-electron chi connectivity index (χ1n) is 4.36. The molecule has 14 heavy (non-hydrogen) atoms. The monoisotopic (exact) mass is 191 g/mol. The summed E-state index contributed by atoms with van der Waals surface area (Å²) in [4.78, 5) is 10.8. The molecule has 3 heteroatoms. The molecule has 0 radical (unpaired) electrons. The SMILES string of the molecule is Cc1c(C=CCN)cccc1C(=O)O.